The Bertz CT molecular complexity index is 866. The lowest BCUT2D eigenvalue weighted by Gasteiger charge is -2.19. The summed E-state index contributed by atoms with van der Waals surface area (Å²) in [6.45, 7) is 5.71. The highest BCUT2D eigenvalue weighted by atomic mass is 32.2. The van der Waals surface area contributed by atoms with Crippen LogP contribution in [0.3, 0.4) is 0 Å². The number of nitrogens with one attached hydrogen (secondary N) is 1. The molecule has 5 nitrogen and oxygen atoms in total. The number of anilines is 1. The van der Waals surface area contributed by atoms with Gasteiger partial charge >= 0.3 is 5.97 Å². The van der Waals surface area contributed by atoms with Crippen molar-refractivity contribution in [2.24, 2.45) is 0 Å². The van der Waals surface area contributed by atoms with Crippen LogP contribution < -0.4 is 4.72 Å². The van der Waals surface area contributed by atoms with Crippen molar-refractivity contribution in [3.05, 3.63) is 45.9 Å². The maximum atomic E-state index is 14.3. The molecule has 0 amide bonds. The number of carbonyl (C=O) groups is 1. The van der Waals surface area contributed by atoms with Gasteiger partial charge in [0.2, 0.25) is 0 Å². The Morgan fingerprint density at radius 3 is 2.46 bits per heavy atom. The molecule has 0 aliphatic rings. The quantitative estimate of drug-likeness (QED) is 0.831. The van der Waals surface area contributed by atoms with Crippen molar-refractivity contribution in [3.63, 3.8) is 0 Å². The summed E-state index contributed by atoms with van der Waals surface area (Å²) in [5.41, 5.74) is 0.443. The van der Waals surface area contributed by atoms with E-state index in [-0.39, 0.29) is 16.0 Å². The summed E-state index contributed by atoms with van der Waals surface area (Å²) in [4.78, 5) is 11.2. The topological polar surface area (TPSA) is 72.5 Å². The zero-order valence-electron chi connectivity index (χ0n) is 13.7. The summed E-state index contributed by atoms with van der Waals surface area (Å²) >= 11 is 1.03. The van der Waals surface area contributed by atoms with Crippen LogP contribution in [0, 0.1) is 5.82 Å². The zero-order valence-corrected chi connectivity index (χ0v) is 15.3. The predicted octanol–water partition coefficient (Wildman–Crippen LogP) is 3.77. The highest BCUT2D eigenvalue weighted by Crippen LogP contribution is 2.29. The Hall–Kier alpha value is -1.93. The normalized spacial score (nSPS) is 12.0. The molecule has 0 aliphatic carbocycles. The van der Waals surface area contributed by atoms with E-state index in [9.17, 15) is 17.6 Å². The van der Waals surface area contributed by atoms with Crippen molar-refractivity contribution >= 4 is 33.0 Å². The molecule has 0 atom stereocenters. The van der Waals surface area contributed by atoms with Gasteiger partial charge in [0.05, 0.1) is 12.8 Å². The third-order valence-electron chi connectivity index (χ3n) is 3.37. The molecule has 1 aromatic heterocycles. The molecule has 2 aromatic rings. The van der Waals surface area contributed by atoms with E-state index < -0.39 is 26.7 Å². The van der Waals surface area contributed by atoms with Crippen LogP contribution in [0.25, 0.3) is 0 Å². The number of methoxy groups -OCH3 is 1. The highest BCUT2D eigenvalue weighted by Gasteiger charge is 2.25. The van der Waals surface area contributed by atoms with Gasteiger partial charge in [-0.25, -0.2) is 17.6 Å². The maximum Gasteiger partial charge on any atom is 0.350 e. The first-order chi connectivity index (χ1) is 11.1. The van der Waals surface area contributed by atoms with Gasteiger partial charge in [-0.05, 0) is 34.6 Å². The number of hydrogen-bond acceptors (Lipinski definition) is 5. The molecule has 8 heteroatoms. The van der Waals surface area contributed by atoms with Gasteiger partial charge in [-0.15, -0.1) is 11.3 Å². The van der Waals surface area contributed by atoms with Crippen LogP contribution in [0.15, 0.2) is 34.5 Å². The molecule has 130 valence electrons. The second kappa shape index (κ2) is 6.52. The van der Waals surface area contributed by atoms with Gasteiger partial charge in [0, 0.05) is 0 Å². The van der Waals surface area contributed by atoms with E-state index in [0.29, 0.717) is 5.56 Å². The molecule has 0 spiro atoms. The van der Waals surface area contributed by atoms with Crippen molar-refractivity contribution < 1.29 is 22.3 Å². The van der Waals surface area contributed by atoms with Crippen LogP contribution in [0.5, 0.6) is 0 Å². The van der Waals surface area contributed by atoms with E-state index in [2.05, 4.69) is 9.46 Å². The van der Waals surface area contributed by atoms with Gasteiger partial charge in [0.1, 0.15) is 15.6 Å². The monoisotopic (exact) mass is 371 g/mol. The van der Waals surface area contributed by atoms with Crippen LogP contribution >= 0.6 is 11.3 Å². The molecule has 1 N–H and O–H groups in total. The molecular formula is C16H18FNO4S2. The fourth-order valence-electron chi connectivity index (χ4n) is 2.03. The fraction of sp³-hybridized carbons (Fsp3) is 0.312. The number of halogens is 1. The van der Waals surface area contributed by atoms with Gasteiger partial charge in [-0.1, -0.05) is 26.8 Å². The van der Waals surface area contributed by atoms with Crippen molar-refractivity contribution in [2.45, 2.75) is 31.1 Å². The van der Waals surface area contributed by atoms with E-state index in [1.807, 2.05) is 20.8 Å². The smallest absolute Gasteiger partial charge is 0.350 e. The third-order valence-corrected chi connectivity index (χ3v) is 5.66. The van der Waals surface area contributed by atoms with Crippen LogP contribution in [0.2, 0.25) is 0 Å². The highest BCUT2D eigenvalue weighted by molar-refractivity contribution is 7.92. The molecular weight excluding hydrogens is 353 g/mol. The fourth-order valence-corrected chi connectivity index (χ4v) is 3.99. The lowest BCUT2D eigenvalue weighted by atomic mass is 9.87. The molecule has 0 radical (unpaired) electrons. The van der Waals surface area contributed by atoms with Crippen molar-refractivity contribution in [1.82, 2.24) is 0 Å². The summed E-state index contributed by atoms with van der Waals surface area (Å²) in [6.07, 6.45) is 0. The minimum absolute atomic E-state index is 0.0612. The van der Waals surface area contributed by atoms with E-state index in [0.717, 1.165) is 11.3 Å². The van der Waals surface area contributed by atoms with Crippen LogP contribution in [0.1, 0.15) is 36.0 Å². The summed E-state index contributed by atoms with van der Waals surface area (Å²) in [5.74, 6) is -1.50. The first-order valence-electron chi connectivity index (χ1n) is 7.05. The first kappa shape index (κ1) is 18.4. The Balaban J connectivity index is 2.39. The molecule has 0 fully saturated rings. The summed E-state index contributed by atoms with van der Waals surface area (Å²) in [6, 6.07) is 5.44. The van der Waals surface area contributed by atoms with Crippen molar-refractivity contribution in [2.75, 3.05) is 11.8 Å². The Kier molecular flexibility index (Phi) is 5.00. The van der Waals surface area contributed by atoms with Crippen LogP contribution in [-0.4, -0.2) is 21.5 Å². The first-order valence-corrected chi connectivity index (χ1v) is 9.41. The number of hydrogen-bond donors (Lipinski definition) is 1. The number of benzene rings is 1. The van der Waals surface area contributed by atoms with Gasteiger partial charge < -0.3 is 4.74 Å². The molecule has 1 heterocycles. The van der Waals surface area contributed by atoms with E-state index >= 15 is 0 Å². The largest absolute Gasteiger partial charge is 0.465 e. The van der Waals surface area contributed by atoms with Gasteiger partial charge in [-0.2, -0.15) is 0 Å². The molecule has 0 saturated carbocycles. The lowest BCUT2D eigenvalue weighted by molar-refractivity contribution is 0.0607. The number of sulfonamides is 1. The molecule has 1 aromatic carbocycles. The SMILES string of the molecule is COC(=O)c1sccc1NS(=O)(=O)c1ccc(C(C)(C)C)cc1F. The second-order valence-corrected chi connectivity index (χ2v) is 8.72. The van der Waals surface area contributed by atoms with E-state index in [1.165, 1.54) is 25.3 Å². The Morgan fingerprint density at radius 2 is 1.92 bits per heavy atom. The predicted molar refractivity (Wildman–Crippen MR) is 91.6 cm³/mol. The molecule has 2 rings (SSSR count). The zero-order chi connectivity index (χ0) is 18.1. The minimum atomic E-state index is -4.17. The minimum Gasteiger partial charge on any atom is -0.465 e. The summed E-state index contributed by atoms with van der Waals surface area (Å²) < 4.78 is 46.0. The molecule has 24 heavy (non-hydrogen) atoms. The van der Waals surface area contributed by atoms with Crippen molar-refractivity contribution in [1.29, 1.82) is 0 Å². The molecule has 0 bridgehead atoms. The molecule has 0 aliphatic heterocycles. The summed E-state index contributed by atoms with van der Waals surface area (Å²) in [7, 11) is -2.97. The van der Waals surface area contributed by atoms with Gasteiger partial charge in [-0.3, -0.25) is 4.72 Å². The van der Waals surface area contributed by atoms with E-state index in [4.69, 9.17) is 0 Å². The lowest BCUT2D eigenvalue weighted by Crippen LogP contribution is -2.17. The third kappa shape index (κ3) is 3.76. The number of rotatable bonds is 4. The number of ether oxygens (including phenoxy) is 1. The number of esters is 1. The Morgan fingerprint density at radius 1 is 1.25 bits per heavy atom. The van der Waals surface area contributed by atoms with E-state index in [1.54, 1.807) is 11.4 Å². The summed E-state index contributed by atoms with van der Waals surface area (Å²) in [5, 5.41) is 1.54. The van der Waals surface area contributed by atoms with Gasteiger partial charge in [0.25, 0.3) is 10.0 Å². The van der Waals surface area contributed by atoms with Crippen molar-refractivity contribution in [3.8, 4) is 0 Å². The second-order valence-electron chi connectivity index (χ2n) is 6.16. The standard InChI is InChI=1S/C16H18FNO4S2/c1-16(2,3)10-5-6-13(11(17)9-10)24(20,21)18-12-7-8-23-14(12)15(19)22-4/h5-9,18H,1-4H3. The number of carbonyl (C=O) groups excluding carboxylic acids is 1. The molecule has 0 saturated heterocycles. The number of thiophene rings is 1. The Labute approximate surface area is 144 Å². The maximum absolute atomic E-state index is 14.3. The van der Waals surface area contributed by atoms with Gasteiger partial charge in [0.15, 0.2) is 0 Å². The van der Waals surface area contributed by atoms with Crippen LogP contribution in [0.4, 0.5) is 10.1 Å². The average molecular weight is 371 g/mol. The molecule has 0 unspecified atom stereocenters. The van der Waals surface area contributed by atoms with Crippen LogP contribution in [-0.2, 0) is 20.2 Å². The average Bonchev–Trinajstić information content (AvgIpc) is 2.92.